The molecule has 3 amide bonds. The van der Waals surface area contributed by atoms with Gasteiger partial charge in [-0.25, -0.2) is 0 Å². The zero-order valence-corrected chi connectivity index (χ0v) is 24.2. The number of anilines is 2. The Kier molecular flexibility index (Phi) is 8.96. The van der Waals surface area contributed by atoms with E-state index in [4.69, 9.17) is 11.6 Å². The van der Waals surface area contributed by atoms with Crippen molar-refractivity contribution in [2.24, 2.45) is 5.92 Å². The van der Waals surface area contributed by atoms with E-state index in [1.807, 2.05) is 13.8 Å². The summed E-state index contributed by atoms with van der Waals surface area (Å²) in [5, 5.41) is 9.07. The third kappa shape index (κ3) is 6.94. The Morgan fingerprint density at radius 1 is 0.857 bits per heavy atom. The maximum atomic E-state index is 13.2. The van der Waals surface area contributed by atoms with Crippen molar-refractivity contribution in [1.82, 2.24) is 9.88 Å². The predicted molar refractivity (Wildman–Crippen MR) is 158 cm³/mol. The number of carbonyl (C=O) groups is 3. The van der Waals surface area contributed by atoms with Crippen LogP contribution in [0.5, 0.6) is 0 Å². The van der Waals surface area contributed by atoms with Crippen molar-refractivity contribution in [2.45, 2.75) is 46.5 Å². The molecule has 42 heavy (non-hydrogen) atoms. The van der Waals surface area contributed by atoms with Gasteiger partial charge in [0.05, 0.1) is 16.1 Å². The lowest BCUT2D eigenvalue weighted by Crippen LogP contribution is -2.27. The van der Waals surface area contributed by atoms with Crippen LogP contribution in [0.2, 0.25) is 5.02 Å². The van der Waals surface area contributed by atoms with E-state index in [1.165, 1.54) is 12.1 Å². The molecule has 0 unspecified atom stereocenters. The zero-order chi connectivity index (χ0) is 30.8. The van der Waals surface area contributed by atoms with Gasteiger partial charge in [-0.15, -0.1) is 0 Å². The van der Waals surface area contributed by atoms with Gasteiger partial charge >= 0.3 is 6.18 Å². The fraction of sp³-hybridized carbons (Fsp3) is 0.258. The lowest BCUT2D eigenvalue weighted by atomic mass is 10.1. The van der Waals surface area contributed by atoms with E-state index in [1.54, 1.807) is 60.9 Å². The van der Waals surface area contributed by atoms with Crippen molar-refractivity contribution in [3.8, 4) is 0 Å². The summed E-state index contributed by atoms with van der Waals surface area (Å²) in [7, 11) is 0. The third-order valence-corrected chi connectivity index (χ3v) is 6.89. The first kappa shape index (κ1) is 30.6. The summed E-state index contributed by atoms with van der Waals surface area (Å²) >= 11 is 6.30. The molecular weight excluding hydrogens is 569 g/mol. The molecule has 0 aliphatic carbocycles. The highest BCUT2D eigenvalue weighted by Crippen LogP contribution is 2.32. The minimum Gasteiger partial charge on any atom is -0.352 e. The van der Waals surface area contributed by atoms with Crippen LogP contribution in [0.25, 0.3) is 10.9 Å². The van der Waals surface area contributed by atoms with E-state index in [9.17, 15) is 27.6 Å². The maximum absolute atomic E-state index is 13.2. The number of alkyl halides is 3. The first-order chi connectivity index (χ1) is 19.7. The fourth-order valence-electron chi connectivity index (χ4n) is 4.46. The summed E-state index contributed by atoms with van der Waals surface area (Å²) in [6.45, 7) is 7.58. The highest BCUT2D eigenvalue weighted by atomic mass is 35.5. The zero-order valence-electron chi connectivity index (χ0n) is 23.4. The molecule has 220 valence electrons. The van der Waals surface area contributed by atoms with Gasteiger partial charge in [0.15, 0.2) is 0 Å². The van der Waals surface area contributed by atoms with E-state index in [0.717, 1.165) is 12.1 Å². The Morgan fingerprint density at radius 3 is 2.21 bits per heavy atom. The number of nitrogens with zero attached hydrogens (tertiary/aromatic N) is 1. The second-order valence-electron chi connectivity index (χ2n) is 10.4. The van der Waals surface area contributed by atoms with Gasteiger partial charge in [0.2, 0.25) is 5.91 Å². The average molecular weight is 599 g/mol. The number of aromatic nitrogens is 1. The normalized spacial score (nSPS) is 11.7. The lowest BCUT2D eigenvalue weighted by Gasteiger charge is -2.15. The van der Waals surface area contributed by atoms with Crippen LogP contribution in [-0.4, -0.2) is 22.3 Å². The van der Waals surface area contributed by atoms with Crippen LogP contribution in [0.3, 0.4) is 0 Å². The van der Waals surface area contributed by atoms with Gasteiger partial charge in [-0.1, -0.05) is 37.6 Å². The molecule has 0 radical (unpaired) electrons. The van der Waals surface area contributed by atoms with Gasteiger partial charge in [0.25, 0.3) is 11.8 Å². The molecule has 3 aromatic carbocycles. The highest BCUT2D eigenvalue weighted by Gasteiger charge is 2.30. The monoisotopic (exact) mass is 598 g/mol. The van der Waals surface area contributed by atoms with Crippen molar-refractivity contribution in [1.29, 1.82) is 0 Å². The summed E-state index contributed by atoms with van der Waals surface area (Å²) in [4.78, 5) is 38.2. The van der Waals surface area contributed by atoms with Gasteiger partial charge in [0, 0.05) is 40.8 Å². The van der Waals surface area contributed by atoms with E-state index < -0.39 is 23.6 Å². The number of halogens is 4. The van der Waals surface area contributed by atoms with Crippen molar-refractivity contribution >= 4 is 51.6 Å². The van der Waals surface area contributed by atoms with Crippen LogP contribution < -0.4 is 16.0 Å². The van der Waals surface area contributed by atoms with Crippen molar-refractivity contribution in [2.75, 3.05) is 10.6 Å². The highest BCUT2D eigenvalue weighted by molar-refractivity contribution is 6.34. The fourth-order valence-corrected chi connectivity index (χ4v) is 4.67. The molecular formula is C31H30ClF3N4O3. The van der Waals surface area contributed by atoms with Crippen molar-refractivity contribution < 1.29 is 27.6 Å². The lowest BCUT2D eigenvalue weighted by molar-refractivity contribution is -0.137. The summed E-state index contributed by atoms with van der Waals surface area (Å²) in [5.41, 5.74) is 1.50. The van der Waals surface area contributed by atoms with Gasteiger partial charge < -0.3 is 20.5 Å². The number of amides is 3. The van der Waals surface area contributed by atoms with Crippen LogP contribution in [0.4, 0.5) is 24.5 Å². The number of hydrogen-bond acceptors (Lipinski definition) is 3. The van der Waals surface area contributed by atoms with Crippen LogP contribution >= 0.6 is 11.6 Å². The SMILES string of the molecule is CC(C)C(=O)NCc1ccc(Cl)c(C(=O)Nc2ccc3c(c2)cc(C(=O)Nc2cccc(C(F)(F)F)c2)n3C(C)C)c1. The Labute approximate surface area is 246 Å². The Bertz CT molecular complexity index is 1660. The van der Waals surface area contributed by atoms with Crippen molar-refractivity contribution in [3.63, 3.8) is 0 Å². The number of rotatable bonds is 8. The molecule has 0 saturated carbocycles. The molecule has 1 aromatic heterocycles. The van der Waals surface area contributed by atoms with Gasteiger partial charge in [-0.2, -0.15) is 13.2 Å². The largest absolute Gasteiger partial charge is 0.416 e. The molecule has 4 rings (SSSR count). The Hall–Kier alpha value is -4.31. The van der Waals surface area contributed by atoms with E-state index in [-0.39, 0.29) is 46.4 Å². The smallest absolute Gasteiger partial charge is 0.352 e. The number of hydrogen-bond donors (Lipinski definition) is 3. The van der Waals surface area contributed by atoms with Crippen LogP contribution in [0.1, 0.15) is 65.7 Å². The summed E-state index contributed by atoms with van der Waals surface area (Å²) in [6, 6.07) is 16.0. The Morgan fingerprint density at radius 2 is 1.55 bits per heavy atom. The molecule has 0 aliphatic rings. The molecule has 0 bridgehead atoms. The second kappa shape index (κ2) is 12.3. The predicted octanol–water partition coefficient (Wildman–Crippen LogP) is 7.67. The Balaban J connectivity index is 1.57. The summed E-state index contributed by atoms with van der Waals surface area (Å²) < 4.78 is 41.2. The number of nitrogens with one attached hydrogen (secondary N) is 3. The van der Waals surface area contributed by atoms with Gasteiger partial charge in [-0.3, -0.25) is 14.4 Å². The quantitative estimate of drug-likeness (QED) is 0.194. The first-order valence-corrected chi connectivity index (χ1v) is 13.6. The maximum Gasteiger partial charge on any atom is 0.416 e. The van der Waals surface area contributed by atoms with Gasteiger partial charge in [0.1, 0.15) is 5.69 Å². The molecule has 11 heteroatoms. The molecule has 4 aromatic rings. The summed E-state index contributed by atoms with van der Waals surface area (Å²) in [6.07, 6.45) is -4.54. The van der Waals surface area contributed by atoms with E-state index >= 15 is 0 Å². The van der Waals surface area contributed by atoms with Gasteiger partial charge in [-0.05, 0) is 74.0 Å². The molecule has 7 nitrogen and oxygen atoms in total. The average Bonchev–Trinajstić information content (AvgIpc) is 3.31. The third-order valence-electron chi connectivity index (χ3n) is 6.56. The topological polar surface area (TPSA) is 92.2 Å². The second-order valence-corrected chi connectivity index (χ2v) is 10.8. The van der Waals surface area contributed by atoms with E-state index in [0.29, 0.717) is 22.2 Å². The standard InChI is InChI=1S/C31H30ClF3N4O3/c1-17(2)28(40)36-16-19-8-10-25(32)24(12-19)29(41)37-23-9-11-26-20(13-23)14-27(39(26)18(3)4)30(42)38-22-7-5-6-21(15-22)31(33,34)35/h5-15,17-18H,16H2,1-4H3,(H,36,40)(H,37,41)(H,38,42). The number of carbonyl (C=O) groups excluding carboxylic acids is 3. The molecule has 1 heterocycles. The van der Waals surface area contributed by atoms with Crippen molar-refractivity contribution in [3.05, 3.63) is 94.1 Å². The molecule has 0 saturated heterocycles. The molecule has 0 spiro atoms. The first-order valence-electron chi connectivity index (χ1n) is 13.3. The van der Waals surface area contributed by atoms with E-state index in [2.05, 4.69) is 16.0 Å². The van der Waals surface area contributed by atoms with Crippen LogP contribution in [0.15, 0.2) is 66.7 Å². The van der Waals surface area contributed by atoms with Crippen LogP contribution in [0, 0.1) is 5.92 Å². The van der Waals surface area contributed by atoms with Crippen LogP contribution in [-0.2, 0) is 17.5 Å². The number of benzene rings is 3. The molecule has 0 atom stereocenters. The number of fused-ring (bicyclic) bond motifs is 1. The molecule has 0 aliphatic heterocycles. The summed E-state index contributed by atoms with van der Waals surface area (Å²) in [5.74, 6) is -1.31. The molecule has 3 N–H and O–H groups in total. The molecule has 0 fully saturated rings. The minimum absolute atomic E-state index is 0.0196. The minimum atomic E-state index is -4.54.